The maximum Gasteiger partial charge on any atom is 0.313 e. The Bertz CT molecular complexity index is 717. The number of benzene rings is 1. The van der Waals surface area contributed by atoms with E-state index in [0.717, 1.165) is 0 Å². The van der Waals surface area contributed by atoms with Crippen molar-refractivity contribution in [2.75, 3.05) is 20.3 Å². The maximum absolute atomic E-state index is 12.8. The van der Waals surface area contributed by atoms with Gasteiger partial charge in [0.05, 0.1) is 23.9 Å². The fraction of sp³-hybridized carbons (Fsp3) is 0.312. The number of hydrogen-bond donors (Lipinski definition) is 1. The summed E-state index contributed by atoms with van der Waals surface area (Å²) in [6.07, 6.45) is 0. The Hall–Kier alpha value is -2.25. The molecule has 1 amide bonds. The Morgan fingerprint density at radius 3 is 2.87 bits per heavy atom. The number of carboxylic acid groups (broad SMARTS) is 1. The molecule has 1 aromatic carbocycles. The second-order valence-corrected chi connectivity index (χ2v) is 5.97. The number of carboxylic acids is 1. The van der Waals surface area contributed by atoms with E-state index in [0.29, 0.717) is 30.0 Å². The second-order valence-electron chi connectivity index (χ2n) is 5.25. The lowest BCUT2D eigenvalue weighted by Crippen LogP contribution is -2.46. The summed E-state index contributed by atoms with van der Waals surface area (Å²) < 4.78 is 5.08. The number of ether oxygens (including phenoxy) is 1. The van der Waals surface area contributed by atoms with Crippen molar-refractivity contribution in [3.05, 3.63) is 52.0 Å². The maximum atomic E-state index is 12.8. The van der Waals surface area contributed by atoms with Crippen molar-refractivity contribution in [3.8, 4) is 0 Å². The first-order chi connectivity index (χ1) is 11.1. The first kappa shape index (κ1) is 15.6. The lowest BCUT2D eigenvalue weighted by atomic mass is 9.81. The van der Waals surface area contributed by atoms with Crippen LogP contribution in [0, 0.1) is 0 Å². The van der Waals surface area contributed by atoms with Gasteiger partial charge in [0, 0.05) is 24.6 Å². The van der Waals surface area contributed by atoms with Crippen LogP contribution in [0.1, 0.15) is 33.6 Å². The van der Waals surface area contributed by atoms with Gasteiger partial charge in [0.25, 0.3) is 5.91 Å². The molecule has 3 rings (SSSR count). The third-order valence-electron chi connectivity index (χ3n) is 4.00. The molecule has 2 heterocycles. The Labute approximate surface area is 137 Å². The Morgan fingerprint density at radius 2 is 2.22 bits per heavy atom. The summed E-state index contributed by atoms with van der Waals surface area (Å²) in [4.78, 5) is 30.6. The third kappa shape index (κ3) is 2.73. The average molecular weight is 332 g/mol. The molecule has 0 saturated carbocycles. The van der Waals surface area contributed by atoms with E-state index >= 15 is 0 Å². The zero-order chi connectivity index (χ0) is 16.4. The van der Waals surface area contributed by atoms with Gasteiger partial charge in [-0.3, -0.25) is 9.59 Å². The lowest BCUT2D eigenvalue weighted by Gasteiger charge is -2.39. The number of carbonyl (C=O) groups is 2. The zero-order valence-electron chi connectivity index (χ0n) is 12.5. The van der Waals surface area contributed by atoms with Crippen molar-refractivity contribution < 1.29 is 19.4 Å². The molecule has 0 radical (unpaired) electrons. The van der Waals surface area contributed by atoms with Crippen LogP contribution in [0.5, 0.6) is 0 Å². The minimum Gasteiger partial charge on any atom is -0.481 e. The Kier molecular flexibility index (Phi) is 4.40. The predicted molar refractivity (Wildman–Crippen MR) is 84.6 cm³/mol. The number of thiazole rings is 1. The van der Waals surface area contributed by atoms with E-state index in [1.54, 1.807) is 47.2 Å². The van der Waals surface area contributed by atoms with Crippen LogP contribution in [0.2, 0.25) is 0 Å². The van der Waals surface area contributed by atoms with Gasteiger partial charge in [-0.2, -0.15) is 0 Å². The van der Waals surface area contributed by atoms with Crippen LogP contribution in [-0.2, 0) is 9.53 Å². The summed E-state index contributed by atoms with van der Waals surface area (Å²) in [5, 5.41) is 11.6. The minimum absolute atomic E-state index is 0.187. The number of fused-ring (bicyclic) bond motifs is 1. The molecule has 1 N–H and O–H groups in total. The molecule has 0 unspecified atom stereocenters. The van der Waals surface area contributed by atoms with Crippen LogP contribution in [-0.4, -0.2) is 47.1 Å². The quantitative estimate of drug-likeness (QED) is 0.907. The first-order valence-electron chi connectivity index (χ1n) is 7.15. The number of nitrogens with zero attached hydrogens (tertiary/aromatic N) is 2. The predicted octanol–water partition coefficient (Wildman–Crippen LogP) is 2.15. The molecule has 0 bridgehead atoms. The van der Waals surface area contributed by atoms with Crippen molar-refractivity contribution in [1.29, 1.82) is 0 Å². The number of aromatic nitrogens is 1. The molecule has 1 aliphatic heterocycles. The molecule has 23 heavy (non-hydrogen) atoms. The number of aliphatic carboxylic acids is 1. The number of amides is 1. The van der Waals surface area contributed by atoms with Crippen LogP contribution in [0.25, 0.3) is 0 Å². The van der Waals surface area contributed by atoms with Gasteiger partial charge < -0.3 is 14.7 Å². The molecule has 2 aromatic rings. The Morgan fingerprint density at radius 1 is 1.43 bits per heavy atom. The van der Waals surface area contributed by atoms with Crippen LogP contribution in [0.3, 0.4) is 0 Å². The van der Waals surface area contributed by atoms with E-state index in [1.165, 1.54) is 11.3 Å². The summed E-state index contributed by atoms with van der Waals surface area (Å²) in [5.74, 6) is -2.00. The van der Waals surface area contributed by atoms with Gasteiger partial charge in [0.15, 0.2) is 0 Å². The molecule has 120 valence electrons. The van der Waals surface area contributed by atoms with Gasteiger partial charge in [0.2, 0.25) is 0 Å². The number of carbonyl (C=O) groups excluding carboxylic acids is 1. The van der Waals surface area contributed by atoms with E-state index in [9.17, 15) is 14.7 Å². The van der Waals surface area contributed by atoms with Gasteiger partial charge in [-0.25, -0.2) is 4.98 Å². The topological polar surface area (TPSA) is 79.7 Å². The fourth-order valence-corrected chi connectivity index (χ4v) is 3.57. The van der Waals surface area contributed by atoms with Gasteiger partial charge in [-0.05, 0) is 11.6 Å². The lowest BCUT2D eigenvalue weighted by molar-refractivity contribution is -0.140. The van der Waals surface area contributed by atoms with Crippen molar-refractivity contribution >= 4 is 23.2 Å². The molecule has 1 aliphatic rings. The van der Waals surface area contributed by atoms with E-state index in [-0.39, 0.29) is 5.91 Å². The molecule has 0 fully saturated rings. The molecule has 2 atom stereocenters. The molecule has 0 spiro atoms. The molecular weight excluding hydrogens is 316 g/mol. The van der Waals surface area contributed by atoms with E-state index < -0.39 is 17.9 Å². The van der Waals surface area contributed by atoms with Gasteiger partial charge >= 0.3 is 5.97 Å². The average Bonchev–Trinajstić information content (AvgIpc) is 3.07. The van der Waals surface area contributed by atoms with Crippen molar-refractivity contribution in [2.45, 2.75) is 12.0 Å². The highest BCUT2D eigenvalue weighted by Crippen LogP contribution is 2.42. The summed E-state index contributed by atoms with van der Waals surface area (Å²) in [6, 6.07) is 6.25. The molecular formula is C16H16N2O4S. The highest BCUT2D eigenvalue weighted by Gasteiger charge is 2.44. The van der Waals surface area contributed by atoms with E-state index in [4.69, 9.17) is 4.74 Å². The highest BCUT2D eigenvalue weighted by molar-refractivity contribution is 7.07. The standard InChI is InChI=1S/C16H16N2O4S/c1-22-7-6-18-14(12-8-23-9-17-12)13(16(20)21)10-4-2-3-5-11(10)15(18)19/h2-5,8-9,13-14H,6-7H2,1H3,(H,20,21)/t13-,14+/m0/s1. The fourth-order valence-electron chi connectivity index (χ4n) is 2.99. The molecule has 7 heteroatoms. The van der Waals surface area contributed by atoms with Crippen LogP contribution < -0.4 is 0 Å². The van der Waals surface area contributed by atoms with Crippen molar-refractivity contribution in [1.82, 2.24) is 9.88 Å². The minimum atomic E-state index is -0.967. The number of rotatable bonds is 5. The highest BCUT2D eigenvalue weighted by atomic mass is 32.1. The van der Waals surface area contributed by atoms with Crippen molar-refractivity contribution in [2.24, 2.45) is 0 Å². The van der Waals surface area contributed by atoms with E-state index in [2.05, 4.69) is 4.98 Å². The van der Waals surface area contributed by atoms with Gasteiger partial charge in [0.1, 0.15) is 5.92 Å². The van der Waals surface area contributed by atoms with Gasteiger partial charge in [-0.1, -0.05) is 18.2 Å². The normalized spacial score (nSPS) is 20.4. The smallest absolute Gasteiger partial charge is 0.313 e. The Balaban J connectivity index is 2.15. The van der Waals surface area contributed by atoms with E-state index in [1.807, 2.05) is 0 Å². The van der Waals surface area contributed by atoms with Crippen LogP contribution in [0.4, 0.5) is 0 Å². The van der Waals surface area contributed by atoms with Crippen LogP contribution in [0.15, 0.2) is 35.2 Å². The monoisotopic (exact) mass is 332 g/mol. The molecule has 0 aliphatic carbocycles. The summed E-state index contributed by atoms with van der Waals surface area (Å²) >= 11 is 1.38. The molecule has 6 nitrogen and oxygen atoms in total. The summed E-state index contributed by atoms with van der Waals surface area (Å²) in [7, 11) is 1.55. The number of hydrogen-bond acceptors (Lipinski definition) is 5. The van der Waals surface area contributed by atoms with Crippen LogP contribution >= 0.6 is 11.3 Å². The second kappa shape index (κ2) is 6.47. The molecule has 1 aromatic heterocycles. The third-order valence-corrected chi connectivity index (χ3v) is 4.60. The van der Waals surface area contributed by atoms with Crippen molar-refractivity contribution in [3.63, 3.8) is 0 Å². The zero-order valence-corrected chi connectivity index (χ0v) is 13.3. The number of methoxy groups -OCH3 is 1. The summed E-state index contributed by atoms with van der Waals surface area (Å²) in [5.41, 5.74) is 3.22. The SMILES string of the molecule is COCCN1C(=O)c2ccccc2[C@H](C(=O)O)[C@H]1c1cscn1. The largest absolute Gasteiger partial charge is 0.481 e. The summed E-state index contributed by atoms with van der Waals surface area (Å²) in [6.45, 7) is 0.649. The molecule has 0 saturated heterocycles. The first-order valence-corrected chi connectivity index (χ1v) is 8.09. The van der Waals surface area contributed by atoms with Gasteiger partial charge in [-0.15, -0.1) is 11.3 Å².